The first kappa shape index (κ1) is 16.6. The zero-order valence-electron chi connectivity index (χ0n) is 11.1. The number of amidine groups is 1. The molecule has 1 aliphatic rings. The molecule has 0 amide bonds. The molecule has 2 unspecified atom stereocenters. The van der Waals surface area contributed by atoms with Crippen LogP contribution in [0.5, 0.6) is 0 Å². The molecule has 0 aromatic heterocycles. The fraction of sp³-hybridized carbons (Fsp3) is 0.909. The van der Waals surface area contributed by atoms with Gasteiger partial charge in [-0.15, -0.1) is 0 Å². The Bertz CT molecular complexity index is 324. The first-order valence-electron chi connectivity index (χ1n) is 5.96. The lowest BCUT2D eigenvalue weighted by molar-refractivity contribution is -0.243. The summed E-state index contributed by atoms with van der Waals surface area (Å²) >= 11 is 1.28. The van der Waals surface area contributed by atoms with Gasteiger partial charge in [0.25, 0.3) is 0 Å². The largest absolute Gasteiger partial charge is 0.416 e. The minimum atomic E-state index is -4.64. The summed E-state index contributed by atoms with van der Waals surface area (Å²) in [5.41, 5.74) is -0.406. The summed E-state index contributed by atoms with van der Waals surface area (Å²) < 4.78 is 42.7. The Morgan fingerprint density at radius 3 is 2.53 bits per heavy atom. The molecular formula is C11H19F3N2O2S. The highest BCUT2D eigenvalue weighted by Crippen LogP contribution is 2.34. The number of rotatable bonds is 2. The molecule has 0 aromatic rings. The molecule has 3 atom stereocenters. The zero-order chi connectivity index (χ0) is 14.6. The van der Waals surface area contributed by atoms with Gasteiger partial charge >= 0.3 is 6.18 Å². The molecule has 1 rings (SSSR count). The Morgan fingerprint density at radius 2 is 2.05 bits per heavy atom. The molecule has 0 spiro atoms. The number of halogens is 3. The summed E-state index contributed by atoms with van der Waals surface area (Å²) in [5.74, 6) is 0. The molecule has 19 heavy (non-hydrogen) atoms. The molecule has 1 fully saturated rings. The average Bonchev–Trinajstić information content (AvgIpc) is 2.33. The van der Waals surface area contributed by atoms with Crippen LogP contribution < -0.4 is 0 Å². The maximum Gasteiger partial charge on any atom is 0.416 e. The number of ether oxygens (including phenoxy) is 1. The fourth-order valence-corrected chi connectivity index (χ4v) is 2.86. The highest BCUT2D eigenvalue weighted by Gasteiger charge is 2.45. The van der Waals surface area contributed by atoms with E-state index in [1.165, 1.54) is 11.8 Å². The van der Waals surface area contributed by atoms with Crippen LogP contribution in [-0.2, 0) is 4.74 Å². The maximum absolute atomic E-state index is 12.4. The van der Waals surface area contributed by atoms with Gasteiger partial charge in [-0.25, -0.2) is 0 Å². The Hall–Kier alpha value is -0.470. The molecule has 0 aliphatic carbocycles. The van der Waals surface area contributed by atoms with Crippen LogP contribution in [0, 0.1) is 0 Å². The topological polar surface area (TPSA) is 45.1 Å². The molecule has 8 heteroatoms. The lowest BCUT2D eigenvalue weighted by Crippen LogP contribution is -2.44. The van der Waals surface area contributed by atoms with Crippen molar-refractivity contribution in [1.82, 2.24) is 4.90 Å². The standard InChI is InChI=1S/C11H19F3N2O2S/c1-15-10(16(2)3)19-8-6-4-5-7(18-8)9(17)11(12,13)14/h7-9,17H,4-6H2,1-3H3/b15-10-/t7?,8-,9?/m1/s1. The second kappa shape index (κ2) is 6.81. The van der Waals surface area contributed by atoms with Crippen LogP contribution in [0.25, 0.3) is 0 Å². The van der Waals surface area contributed by atoms with Crippen molar-refractivity contribution in [2.24, 2.45) is 4.99 Å². The third-order valence-corrected chi connectivity index (χ3v) is 4.12. The van der Waals surface area contributed by atoms with Crippen LogP contribution in [0.4, 0.5) is 13.2 Å². The van der Waals surface area contributed by atoms with Gasteiger partial charge in [0.1, 0.15) is 5.44 Å². The maximum atomic E-state index is 12.4. The van der Waals surface area contributed by atoms with Crippen LogP contribution in [-0.4, -0.2) is 60.1 Å². The number of aliphatic hydroxyl groups excluding tert-OH is 1. The van der Waals surface area contributed by atoms with Gasteiger partial charge in [-0.2, -0.15) is 13.2 Å². The van der Waals surface area contributed by atoms with Crippen molar-refractivity contribution >= 4 is 16.9 Å². The number of aliphatic imine (C=N–C) groups is 1. The van der Waals surface area contributed by atoms with Crippen molar-refractivity contribution in [3.63, 3.8) is 0 Å². The molecule has 0 aromatic carbocycles. The number of aliphatic hydroxyl groups is 1. The highest BCUT2D eigenvalue weighted by molar-refractivity contribution is 8.14. The molecule has 1 N–H and O–H groups in total. The third kappa shape index (κ3) is 4.85. The molecule has 1 aliphatic heterocycles. The van der Waals surface area contributed by atoms with Crippen molar-refractivity contribution in [1.29, 1.82) is 0 Å². The molecule has 112 valence electrons. The normalized spacial score (nSPS) is 27.2. The Kier molecular flexibility index (Phi) is 5.94. The van der Waals surface area contributed by atoms with Crippen molar-refractivity contribution in [2.75, 3.05) is 21.1 Å². The second-order valence-corrected chi connectivity index (χ2v) is 5.67. The quantitative estimate of drug-likeness (QED) is 0.626. The SMILES string of the molecule is C/N=C(\S[C@@H]1CCCC(C(O)C(F)(F)F)O1)N(C)C. The number of thioether (sulfide) groups is 1. The predicted octanol–water partition coefficient (Wildman–Crippen LogP) is 2.09. The predicted molar refractivity (Wildman–Crippen MR) is 69.2 cm³/mol. The van der Waals surface area contributed by atoms with Crippen molar-refractivity contribution in [2.45, 2.75) is 43.1 Å². The fourth-order valence-electron chi connectivity index (χ4n) is 1.82. The monoisotopic (exact) mass is 300 g/mol. The van der Waals surface area contributed by atoms with Gasteiger partial charge in [-0.1, -0.05) is 11.8 Å². The Balaban J connectivity index is 2.60. The lowest BCUT2D eigenvalue weighted by Gasteiger charge is -2.33. The molecule has 0 radical (unpaired) electrons. The van der Waals surface area contributed by atoms with Crippen molar-refractivity contribution in [3.05, 3.63) is 0 Å². The molecular weight excluding hydrogens is 281 g/mol. The molecule has 4 nitrogen and oxygen atoms in total. The minimum absolute atomic E-state index is 0.221. The minimum Gasteiger partial charge on any atom is -0.381 e. The van der Waals surface area contributed by atoms with Gasteiger partial charge in [-0.05, 0) is 19.3 Å². The smallest absolute Gasteiger partial charge is 0.381 e. The summed E-state index contributed by atoms with van der Waals surface area (Å²) in [5, 5.41) is 9.92. The van der Waals surface area contributed by atoms with E-state index in [4.69, 9.17) is 4.74 Å². The van der Waals surface area contributed by atoms with Crippen LogP contribution >= 0.6 is 11.8 Å². The van der Waals surface area contributed by atoms with Crippen LogP contribution in [0.15, 0.2) is 4.99 Å². The van der Waals surface area contributed by atoms with Gasteiger partial charge in [0.15, 0.2) is 11.3 Å². The van der Waals surface area contributed by atoms with E-state index >= 15 is 0 Å². The van der Waals surface area contributed by atoms with E-state index < -0.39 is 23.8 Å². The number of alkyl halides is 3. The Labute approximate surface area is 115 Å². The van der Waals surface area contributed by atoms with E-state index in [0.29, 0.717) is 18.0 Å². The van der Waals surface area contributed by atoms with Crippen LogP contribution in [0.3, 0.4) is 0 Å². The van der Waals surface area contributed by atoms with E-state index in [0.717, 1.165) is 0 Å². The summed E-state index contributed by atoms with van der Waals surface area (Å²) in [6.07, 6.45) is -6.78. The first-order chi connectivity index (χ1) is 8.75. The summed E-state index contributed by atoms with van der Waals surface area (Å²) in [6, 6.07) is 0. The van der Waals surface area contributed by atoms with E-state index in [1.807, 2.05) is 0 Å². The third-order valence-electron chi connectivity index (χ3n) is 2.75. The second-order valence-electron chi connectivity index (χ2n) is 4.54. The zero-order valence-corrected chi connectivity index (χ0v) is 12.0. The van der Waals surface area contributed by atoms with E-state index in [1.54, 1.807) is 26.0 Å². The van der Waals surface area contributed by atoms with Crippen LogP contribution in [0.2, 0.25) is 0 Å². The van der Waals surface area contributed by atoms with Crippen molar-refractivity contribution < 1.29 is 23.0 Å². The molecule has 0 bridgehead atoms. The molecule has 1 saturated heterocycles. The number of hydrogen-bond acceptors (Lipinski definition) is 4. The van der Waals surface area contributed by atoms with Gasteiger partial charge in [-0.3, -0.25) is 4.99 Å². The van der Waals surface area contributed by atoms with Gasteiger partial charge < -0.3 is 14.7 Å². The average molecular weight is 300 g/mol. The summed E-state index contributed by atoms with van der Waals surface area (Å²) in [7, 11) is 5.23. The summed E-state index contributed by atoms with van der Waals surface area (Å²) in [6.45, 7) is 0. The van der Waals surface area contributed by atoms with E-state index in [2.05, 4.69) is 4.99 Å². The number of hydrogen-bond donors (Lipinski definition) is 1. The van der Waals surface area contributed by atoms with Gasteiger partial charge in [0.2, 0.25) is 0 Å². The number of nitrogens with zero attached hydrogens (tertiary/aromatic N) is 2. The van der Waals surface area contributed by atoms with Crippen molar-refractivity contribution in [3.8, 4) is 0 Å². The highest BCUT2D eigenvalue weighted by atomic mass is 32.2. The van der Waals surface area contributed by atoms with Gasteiger partial charge in [0, 0.05) is 21.1 Å². The molecule has 1 heterocycles. The lowest BCUT2D eigenvalue weighted by atomic mass is 10.0. The molecule has 0 saturated carbocycles. The van der Waals surface area contributed by atoms with E-state index in [-0.39, 0.29) is 6.42 Å². The Morgan fingerprint density at radius 1 is 1.42 bits per heavy atom. The van der Waals surface area contributed by atoms with Crippen LogP contribution in [0.1, 0.15) is 19.3 Å². The van der Waals surface area contributed by atoms with Gasteiger partial charge in [0.05, 0.1) is 6.10 Å². The van der Waals surface area contributed by atoms with E-state index in [9.17, 15) is 18.3 Å². The summed E-state index contributed by atoms with van der Waals surface area (Å²) in [4.78, 5) is 5.82. The first-order valence-corrected chi connectivity index (χ1v) is 6.84.